The summed E-state index contributed by atoms with van der Waals surface area (Å²) in [6.07, 6.45) is -7.93. The second-order valence-electron chi connectivity index (χ2n) is 5.73. The fraction of sp³-hybridized carbons (Fsp3) is 0.412. The van der Waals surface area contributed by atoms with E-state index < -0.39 is 48.7 Å². The van der Waals surface area contributed by atoms with Crippen molar-refractivity contribution in [1.82, 2.24) is 0 Å². The Morgan fingerprint density at radius 3 is 1.81 bits per heavy atom. The van der Waals surface area contributed by atoms with Crippen LogP contribution in [0.2, 0.25) is 0 Å². The number of hydrogen-bond acceptors (Lipinski definition) is 4. The van der Waals surface area contributed by atoms with Gasteiger partial charge in [-0.05, 0) is 26.0 Å². The van der Waals surface area contributed by atoms with E-state index >= 15 is 4.39 Å². The van der Waals surface area contributed by atoms with Crippen molar-refractivity contribution in [2.24, 2.45) is 0 Å². The maximum atomic E-state index is 15.2. The van der Waals surface area contributed by atoms with Gasteiger partial charge in [-0.25, -0.2) is 17.6 Å². The quantitative estimate of drug-likeness (QED) is 0.571. The van der Waals surface area contributed by atoms with Gasteiger partial charge >= 0.3 is 5.92 Å². The zero-order valence-electron chi connectivity index (χ0n) is 14.2. The van der Waals surface area contributed by atoms with E-state index in [0.29, 0.717) is 0 Å². The molecule has 150 valence electrons. The summed E-state index contributed by atoms with van der Waals surface area (Å²) in [5.41, 5.74) is -2.25. The summed E-state index contributed by atoms with van der Waals surface area (Å²) >= 11 is 1.82. The maximum Gasteiger partial charge on any atom is 0.312 e. The highest BCUT2D eigenvalue weighted by Gasteiger charge is 2.52. The summed E-state index contributed by atoms with van der Waals surface area (Å²) in [6.45, 7) is 1.78. The molecule has 0 radical (unpaired) electrons. The minimum Gasteiger partial charge on any atom is -0.391 e. The molecule has 1 unspecified atom stereocenters. The van der Waals surface area contributed by atoms with Gasteiger partial charge in [0.05, 0.1) is 18.8 Å². The van der Waals surface area contributed by atoms with Crippen LogP contribution >= 0.6 is 22.7 Å². The lowest BCUT2D eigenvalue weighted by atomic mass is 9.93. The molecule has 2 N–H and O–H groups in total. The fourth-order valence-corrected chi connectivity index (χ4v) is 4.38. The highest BCUT2D eigenvalue weighted by molar-refractivity contribution is 7.12. The van der Waals surface area contributed by atoms with Crippen LogP contribution in [-0.4, -0.2) is 28.7 Å². The van der Waals surface area contributed by atoms with Crippen LogP contribution in [0.25, 0.3) is 11.4 Å². The van der Waals surface area contributed by atoms with Gasteiger partial charge in [0.2, 0.25) is 6.17 Å². The molecule has 0 aliphatic carbocycles. The third-order valence-corrected chi connectivity index (χ3v) is 5.95. The van der Waals surface area contributed by atoms with Crippen LogP contribution in [0.3, 0.4) is 0 Å². The van der Waals surface area contributed by atoms with Gasteiger partial charge in [0.15, 0.2) is 0 Å². The van der Waals surface area contributed by atoms with Crippen LogP contribution in [0.15, 0.2) is 12.1 Å². The van der Waals surface area contributed by atoms with E-state index in [1.807, 2.05) is 0 Å². The molecule has 0 saturated heterocycles. The third kappa shape index (κ3) is 4.23. The summed E-state index contributed by atoms with van der Waals surface area (Å²) in [7, 11) is 0. The molecule has 0 aliphatic heterocycles. The minimum atomic E-state index is -4.81. The van der Waals surface area contributed by atoms with E-state index in [1.165, 1.54) is 13.8 Å². The molecule has 1 atom stereocenters. The molecular weight excluding hydrogens is 414 g/mol. The first-order valence-corrected chi connectivity index (χ1v) is 9.29. The molecule has 0 aromatic carbocycles. The average Bonchev–Trinajstić information content (AvgIpc) is 3.16. The van der Waals surface area contributed by atoms with Crippen LogP contribution in [-0.2, 0) is 13.2 Å². The SMILES string of the molecule is Cc1sc(CO)cc1C(F)=C(c1cc(CO)sc1C)C(F)(F)C(F)C(F)F. The molecule has 2 aromatic heterocycles. The van der Waals surface area contributed by atoms with Crippen LogP contribution in [0, 0.1) is 13.8 Å². The summed E-state index contributed by atoms with van der Waals surface area (Å²) in [4.78, 5) is 0.839. The Labute approximate surface area is 159 Å². The van der Waals surface area contributed by atoms with E-state index in [2.05, 4.69) is 0 Å². The molecule has 0 amide bonds. The number of halogens is 6. The molecular formula is C17H16F6O2S2. The molecule has 27 heavy (non-hydrogen) atoms. The number of aryl methyl sites for hydroxylation is 2. The largest absolute Gasteiger partial charge is 0.391 e. The second kappa shape index (κ2) is 8.34. The Balaban J connectivity index is 2.79. The molecule has 0 aliphatic rings. The fourth-order valence-electron chi connectivity index (χ4n) is 2.58. The topological polar surface area (TPSA) is 40.5 Å². The Morgan fingerprint density at radius 2 is 1.41 bits per heavy atom. The van der Waals surface area contributed by atoms with Crippen molar-refractivity contribution in [1.29, 1.82) is 0 Å². The van der Waals surface area contributed by atoms with E-state index in [4.69, 9.17) is 5.11 Å². The van der Waals surface area contributed by atoms with E-state index in [0.717, 1.165) is 34.8 Å². The zero-order valence-corrected chi connectivity index (χ0v) is 15.8. The molecule has 2 nitrogen and oxygen atoms in total. The van der Waals surface area contributed by atoms with Gasteiger partial charge in [0, 0.05) is 30.6 Å². The lowest BCUT2D eigenvalue weighted by Gasteiger charge is -2.24. The number of allylic oxidation sites excluding steroid dienone is 1. The van der Waals surface area contributed by atoms with Gasteiger partial charge in [0.25, 0.3) is 6.43 Å². The zero-order chi connectivity index (χ0) is 20.5. The first kappa shape index (κ1) is 21.9. The molecule has 0 saturated carbocycles. The summed E-state index contributed by atoms with van der Waals surface area (Å²) in [5.74, 6) is -6.35. The molecule has 10 heteroatoms. The normalized spacial score (nSPS) is 14.6. The molecule has 0 bridgehead atoms. The van der Waals surface area contributed by atoms with Crippen LogP contribution in [0.4, 0.5) is 26.3 Å². The summed E-state index contributed by atoms with van der Waals surface area (Å²) in [6, 6.07) is 2.16. The van der Waals surface area contributed by atoms with Gasteiger partial charge in [-0.2, -0.15) is 8.78 Å². The monoisotopic (exact) mass is 430 g/mol. The molecule has 2 aromatic rings. The molecule has 2 heterocycles. The van der Waals surface area contributed by atoms with Gasteiger partial charge in [0.1, 0.15) is 5.83 Å². The number of hydrogen-bond donors (Lipinski definition) is 2. The van der Waals surface area contributed by atoms with Crippen molar-refractivity contribution in [2.45, 2.75) is 45.6 Å². The minimum absolute atomic E-state index is 0.126. The highest BCUT2D eigenvalue weighted by atomic mass is 32.1. The van der Waals surface area contributed by atoms with Crippen LogP contribution < -0.4 is 0 Å². The Hall–Kier alpha value is -1.36. The molecule has 2 rings (SSSR count). The van der Waals surface area contributed by atoms with E-state index in [1.54, 1.807) is 0 Å². The standard InChI is InChI=1S/C17H16F6O2S2/c1-7-11(3-9(5-24)26-7)13(17(22,23)15(19)16(20)21)14(18)12-4-10(6-25)27-8(12)2/h3-4,15-16,24-25H,5-6H2,1-2H3. The number of rotatable bonds is 7. The van der Waals surface area contributed by atoms with Crippen molar-refractivity contribution in [2.75, 3.05) is 0 Å². The smallest absolute Gasteiger partial charge is 0.312 e. The van der Waals surface area contributed by atoms with Crippen LogP contribution in [0.5, 0.6) is 0 Å². The van der Waals surface area contributed by atoms with Gasteiger partial charge < -0.3 is 10.2 Å². The first-order chi connectivity index (χ1) is 12.5. The van der Waals surface area contributed by atoms with Crippen molar-refractivity contribution >= 4 is 34.1 Å². The Morgan fingerprint density at radius 1 is 0.963 bits per heavy atom. The number of aliphatic hydroxyl groups excluding tert-OH is 2. The second-order valence-corrected chi connectivity index (χ2v) is 8.41. The lowest BCUT2D eigenvalue weighted by molar-refractivity contribution is -0.0881. The van der Waals surface area contributed by atoms with E-state index in [-0.39, 0.29) is 25.1 Å². The van der Waals surface area contributed by atoms with Crippen molar-refractivity contribution in [3.63, 3.8) is 0 Å². The van der Waals surface area contributed by atoms with Crippen molar-refractivity contribution in [3.05, 3.63) is 42.8 Å². The number of alkyl halides is 5. The molecule has 0 spiro atoms. The lowest BCUT2D eigenvalue weighted by Crippen LogP contribution is -2.37. The average molecular weight is 430 g/mol. The van der Waals surface area contributed by atoms with Gasteiger partial charge in [-0.15, -0.1) is 22.7 Å². The number of thiophene rings is 2. The summed E-state index contributed by atoms with van der Waals surface area (Å²) in [5, 5.41) is 18.3. The Bertz CT molecular complexity index is 841. The first-order valence-electron chi connectivity index (χ1n) is 7.65. The predicted octanol–water partition coefficient (Wildman–Crippen LogP) is 5.49. The predicted molar refractivity (Wildman–Crippen MR) is 93.7 cm³/mol. The van der Waals surface area contributed by atoms with Crippen molar-refractivity contribution in [3.8, 4) is 0 Å². The number of aliphatic hydroxyl groups is 2. The third-order valence-electron chi connectivity index (χ3n) is 3.88. The van der Waals surface area contributed by atoms with Crippen LogP contribution in [0.1, 0.15) is 30.6 Å². The van der Waals surface area contributed by atoms with E-state index in [9.17, 15) is 27.1 Å². The highest BCUT2D eigenvalue weighted by Crippen LogP contribution is 2.47. The van der Waals surface area contributed by atoms with Crippen molar-refractivity contribution < 1.29 is 36.6 Å². The summed E-state index contributed by atoms with van der Waals surface area (Å²) < 4.78 is 83.5. The Kier molecular flexibility index (Phi) is 6.77. The maximum absolute atomic E-state index is 15.2. The van der Waals surface area contributed by atoms with Gasteiger partial charge in [-0.3, -0.25) is 0 Å². The molecule has 0 fully saturated rings. The van der Waals surface area contributed by atoms with Gasteiger partial charge in [-0.1, -0.05) is 0 Å².